The maximum absolute atomic E-state index is 13.3. The van der Waals surface area contributed by atoms with Crippen LogP contribution in [-0.2, 0) is 24.3 Å². The van der Waals surface area contributed by atoms with Crippen molar-refractivity contribution in [3.8, 4) is 11.3 Å². The second kappa shape index (κ2) is 6.61. The Morgan fingerprint density at radius 3 is 2.93 bits per heavy atom. The second-order valence-corrected chi connectivity index (χ2v) is 7.21. The molecule has 5 rings (SSSR count). The molecule has 1 atom stereocenters. The van der Waals surface area contributed by atoms with Gasteiger partial charge in [-0.1, -0.05) is 36.8 Å². The van der Waals surface area contributed by atoms with E-state index in [1.807, 2.05) is 23.1 Å². The molecule has 1 aromatic carbocycles. The molecule has 2 aromatic heterocycles. The van der Waals surface area contributed by atoms with Crippen LogP contribution < -0.4 is 0 Å². The standard InChI is InChI=1S/C19H21N7O/c27-19(14-8-4-5-10-26-18(14)22-23-24-26)25-11-9-16-15(12-25)17(21-20-16)13-6-2-1-3-7-13/h1-3,6-7,14H,4-5,8-12H2,(H,20,21)/t14-/m0/s1. The number of aryl methyl sites for hydroxylation is 1. The average molecular weight is 363 g/mol. The third-order valence-corrected chi connectivity index (χ3v) is 5.57. The first-order chi connectivity index (χ1) is 13.3. The number of benzene rings is 1. The maximum atomic E-state index is 13.3. The van der Waals surface area contributed by atoms with Crippen LogP contribution in [0.2, 0.25) is 0 Å². The van der Waals surface area contributed by atoms with Gasteiger partial charge in [0.05, 0.1) is 11.6 Å². The minimum absolute atomic E-state index is 0.124. The fourth-order valence-corrected chi connectivity index (χ4v) is 4.13. The van der Waals surface area contributed by atoms with Crippen LogP contribution in [0.15, 0.2) is 30.3 Å². The van der Waals surface area contributed by atoms with Gasteiger partial charge in [0, 0.05) is 42.9 Å². The first-order valence-corrected chi connectivity index (χ1v) is 9.47. The number of carbonyl (C=O) groups is 1. The number of hydrogen-bond donors (Lipinski definition) is 1. The molecule has 0 unspecified atom stereocenters. The highest BCUT2D eigenvalue weighted by Crippen LogP contribution is 2.31. The van der Waals surface area contributed by atoms with Crippen molar-refractivity contribution < 1.29 is 4.79 Å². The third kappa shape index (κ3) is 2.81. The smallest absolute Gasteiger partial charge is 0.233 e. The number of nitrogens with one attached hydrogen (secondary N) is 1. The molecular formula is C19H21N7O. The zero-order chi connectivity index (χ0) is 18.2. The van der Waals surface area contributed by atoms with E-state index in [1.165, 1.54) is 0 Å². The molecule has 2 aliphatic heterocycles. The third-order valence-electron chi connectivity index (χ3n) is 5.57. The zero-order valence-corrected chi connectivity index (χ0v) is 15.0. The van der Waals surface area contributed by atoms with Gasteiger partial charge in [-0.25, -0.2) is 4.68 Å². The van der Waals surface area contributed by atoms with Crippen molar-refractivity contribution in [3.05, 3.63) is 47.4 Å². The Labute approximate surface area is 156 Å². The lowest BCUT2D eigenvalue weighted by atomic mass is 9.97. The largest absolute Gasteiger partial charge is 0.337 e. The summed E-state index contributed by atoms with van der Waals surface area (Å²) in [5.41, 5.74) is 4.26. The van der Waals surface area contributed by atoms with Gasteiger partial charge >= 0.3 is 0 Å². The van der Waals surface area contributed by atoms with E-state index in [9.17, 15) is 4.79 Å². The predicted molar refractivity (Wildman–Crippen MR) is 97.6 cm³/mol. The van der Waals surface area contributed by atoms with Crippen molar-refractivity contribution >= 4 is 5.91 Å². The number of carbonyl (C=O) groups excluding carboxylic acids is 1. The molecule has 0 bridgehead atoms. The number of aromatic nitrogens is 6. The summed E-state index contributed by atoms with van der Waals surface area (Å²) in [5, 5.41) is 19.7. The molecule has 27 heavy (non-hydrogen) atoms. The molecule has 8 heteroatoms. The number of nitrogens with zero attached hydrogens (tertiary/aromatic N) is 6. The monoisotopic (exact) mass is 363 g/mol. The van der Waals surface area contributed by atoms with Gasteiger partial charge in [-0.2, -0.15) is 5.10 Å². The van der Waals surface area contributed by atoms with Crippen LogP contribution >= 0.6 is 0 Å². The maximum Gasteiger partial charge on any atom is 0.233 e. The average Bonchev–Trinajstić information content (AvgIpc) is 3.30. The highest BCUT2D eigenvalue weighted by atomic mass is 16.2. The lowest BCUT2D eigenvalue weighted by molar-refractivity contribution is -0.134. The van der Waals surface area contributed by atoms with Gasteiger partial charge in [-0.3, -0.25) is 9.89 Å². The van der Waals surface area contributed by atoms with Crippen LogP contribution in [-0.4, -0.2) is 47.8 Å². The Balaban J connectivity index is 1.43. The molecule has 0 saturated carbocycles. The van der Waals surface area contributed by atoms with E-state index in [4.69, 9.17) is 0 Å². The number of aromatic amines is 1. The van der Waals surface area contributed by atoms with Gasteiger partial charge in [0.1, 0.15) is 0 Å². The molecule has 3 aromatic rings. The summed E-state index contributed by atoms with van der Waals surface area (Å²) in [4.78, 5) is 15.3. The summed E-state index contributed by atoms with van der Waals surface area (Å²) >= 11 is 0. The molecule has 138 valence electrons. The fourth-order valence-electron chi connectivity index (χ4n) is 4.13. The number of amides is 1. The van der Waals surface area contributed by atoms with Crippen molar-refractivity contribution in [1.29, 1.82) is 0 Å². The van der Waals surface area contributed by atoms with Crippen molar-refractivity contribution in [2.45, 2.75) is 44.7 Å². The number of hydrogen-bond acceptors (Lipinski definition) is 5. The van der Waals surface area contributed by atoms with E-state index in [-0.39, 0.29) is 11.8 Å². The van der Waals surface area contributed by atoms with Crippen molar-refractivity contribution in [3.63, 3.8) is 0 Å². The molecule has 1 N–H and O–H groups in total. The first kappa shape index (κ1) is 16.2. The number of fused-ring (bicyclic) bond motifs is 2. The Morgan fingerprint density at radius 1 is 1.15 bits per heavy atom. The van der Waals surface area contributed by atoms with Crippen LogP contribution in [0, 0.1) is 0 Å². The molecular weight excluding hydrogens is 342 g/mol. The Kier molecular flexibility index (Phi) is 3.95. The summed E-state index contributed by atoms with van der Waals surface area (Å²) in [6.45, 7) is 2.06. The van der Waals surface area contributed by atoms with Gasteiger partial charge < -0.3 is 4.90 Å². The quantitative estimate of drug-likeness (QED) is 0.751. The van der Waals surface area contributed by atoms with E-state index in [1.54, 1.807) is 4.68 Å². The van der Waals surface area contributed by atoms with E-state index < -0.39 is 0 Å². The van der Waals surface area contributed by atoms with Gasteiger partial charge in [-0.15, -0.1) is 5.10 Å². The summed E-state index contributed by atoms with van der Waals surface area (Å²) in [6, 6.07) is 10.1. The van der Waals surface area contributed by atoms with Crippen LogP contribution in [0.5, 0.6) is 0 Å². The minimum Gasteiger partial charge on any atom is -0.337 e. The Bertz CT molecular complexity index is 962. The molecule has 1 amide bonds. The predicted octanol–water partition coefficient (Wildman–Crippen LogP) is 1.92. The fraction of sp³-hybridized carbons (Fsp3) is 0.421. The van der Waals surface area contributed by atoms with Crippen molar-refractivity contribution in [2.75, 3.05) is 6.54 Å². The highest BCUT2D eigenvalue weighted by molar-refractivity contribution is 5.83. The highest BCUT2D eigenvalue weighted by Gasteiger charge is 2.34. The molecule has 0 saturated heterocycles. The van der Waals surface area contributed by atoms with Gasteiger partial charge in [-0.05, 0) is 23.3 Å². The molecule has 4 heterocycles. The summed E-state index contributed by atoms with van der Waals surface area (Å²) in [5.74, 6) is 0.578. The van der Waals surface area contributed by atoms with E-state index in [0.717, 1.165) is 54.7 Å². The van der Waals surface area contributed by atoms with Gasteiger partial charge in [0.15, 0.2) is 5.82 Å². The Hall–Kier alpha value is -3.03. The normalized spacial score (nSPS) is 19.3. The second-order valence-electron chi connectivity index (χ2n) is 7.21. The van der Waals surface area contributed by atoms with Crippen LogP contribution in [0.25, 0.3) is 11.3 Å². The van der Waals surface area contributed by atoms with Crippen LogP contribution in [0.1, 0.15) is 42.3 Å². The minimum atomic E-state index is -0.254. The Morgan fingerprint density at radius 2 is 2.04 bits per heavy atom. The summed E-state index contributed by atoms with van der Waals surface area (Å²) in [7, 11) is 0. The molecule has 0 aliphatic carbocycles. The van der Waals surface area contributed by atoms with E-state index in [2.05, 4.69) is 37.9 Å². The van der Waals surface area contributed by atoms with Crippen LogP contribution in [0.3, 0.4) is 0 Å². The molecule has 2 aliphatic rings. The van der Waals surface area contributed by atoms with Gasteiger partial charge in [0.2, 0.25) is 5.91 Å². The zero-order valence-electron chi connectivity index (χ0n) is 15.0. The number of rotatable bonds is 2. The number of tetrazole rings is 1. The van der Waals surface area contributed by atoms with Crippen LogP contribution in [0.4, 0.5) is 0 Å². The summed E-state index contributed by atoms with van der Waals surface area (Å²) in [6.07, 6.45) is 3.60. The van der Waals surface area contributed by atoms with Crippen molar-refractivity contribution in [1.82, 2.24) is 35.3 Å². The lowest BCUT2D eigenvalue weighted by Crippen LogP contribution is -2.39. The summed E-state index contributed by atoms with van der Waals surface area (Å²) < 4.78 is 1.79. The van der Waals surface area contributed by atoms with E-state index in [0.29, 0.717) is 18.9 Å². The molecule has 8 nitrogen and oxygen atoms in total. The molecule has 0 fully saturated rings. The lowest BCUT2D eigenvalue weighted by Gasteiger charge is -2.30. The molecule has 0 spiro atoms. The van der Waals surface area contributed by atoms with E-state index >= 15 is 0 Å². The number of H-pyrrole nitrogens is 1. The SMILES string of the molecule is O=C([C@H]1CCCCn2nnnc21)N1CCc2[nH]nc(-c3ccccc3)c2C1. The first-order valence-electron chi connectivity index (χ1n) is 9.47. The molecule has 0 radical (unpaired) electrons. The van der Waals surface area contributed by atoms with Crippen molar-refractivity contribution in [2.24, 2.45) is 0 Å². The topological polar surface area (TPSA) is 92.6 Å². The van der Waals surface area contributed by atoms with Gasteiger partial charge in [0.25, 0.3) is 0 Å².